The van der Waals surface area contributed by atoms with Crippen LogP contribution in [0.4, 0.5) is 0 Å². The maximum atomic E-state index is 11.4. The minimum Gasteiger partial charge on any atom is -0.361 e. The van der Waals surface area contributed by atoms with Crippen molar-refractivity contribution in [3.63, 3.8) is 0 Å². The number of rotatable bonds is 3. The summed E-state index contributed by atoms with van der Waals surface area (Å²) in [5.74, 6) is 0.952. The van der Waals surface area contributed by atoms with Gasteiger partial charge in [-0.05, 0) is 19.1 Å². The van der Waals surface area contributed by atoms with Crippen LogP contribution in [0.25, 0.3) is 10.6 Å². The highest BCUT2D eigenvalue weighted by Crippen LogP contribution is 2.28. The van der Waals surface area contributed by atoms with E-state index in [-0.39, 0.29) is 5.78 Å². The van der Waals surface area contributed by atoms with Gasteiger partial charge in [0.1, 0.15) is 11.5 Å². The first-order valence-electron chi connectivity index (χ1n) is 4.77. The third-order valence-electron chi connectivity index (χ3n) is 2.08. The number of carbonyl (C=O) groups excluding carboxylic acids is 1. The number of ketones is 1. The third kappa shape index (κ3) is 1.99. The molecule has 3 nitrogen and oxygen atoms in total. The number of aryl methyl sites for hydroxylation is 1. The topological polar surface area (TPSA) is 43.1 Å². The van der Waals surface area contributed by atoms with Gasteiger partial charge in [-0.3, -0.25) is 4.79 Å². The fraction of sp³-hybridized carbons (Fsp3) is 0.273. The Morgan fingerprint density at radius 3 is 2.93 bits per heavy atom. The molecule has 0 saturated heterocycles. The quantitative estimate of drug-likeness (QED) is 0.747. The van der Waals surface area contributed by atoms with Crippen molar-refractivity contribution in [2.75, 3.05) is 0 Å². The Hall–Kier alpha value is -1.42. The second kappa shape index (κ2) is 3.98. The van der Waals surface area contributed by atoms with Gasteiger partial charge >= 0.3 is 0 Å². The van der Waals surface area contributed by atoms with Crippen molar-refractivity contribution in [3.8, 4) is 10.6 Å². The van der Waals surface area contributed by atoms with Crippen molar-refractivity contribution < 1.29 is 9.32 Å². The summed E-state index contributed by atoms with van der Waals surface area (Å²) in [6.07, 6.45) is 0.539. The summed E-state index contributed by atoms with van der Waals surface area (Å²) in [6, 6.07) is 5.62. The van der Waals surface area contributed by atoms with E-state index in [1.807, 2.05) is 32.0 Å². The molecular formula is C11H11NO2S. The largest absolute Gasteiger partial charge is 0.361 e. The molecule has 0 unspecified atom stereocenters. The van der Waals surface area contributed by atoms with Crippen molar-refractivity contribution in [2.24, 2.45) is 0 Å². The van der Waals surface area contributed by atoms with Gasteiger partial charge in [0.2, 0.25) is 0 Å². The second-order valence-corrected chi connectivity index (χ2v) is 4.35. The van der Waals surface area contributed by atoms with Crippen LogP contribution in [0.2, 0.25) is 0 Å². The Morgan fingerprint density at radius 1 is 1.53 bits per heavy atom. The van der Waals surface area contributed by atoms with Crippen LogP contribution in [-0.2, 0) is 0 Å². The minimum atomic E-state index is 0.173. The normalized spacial score (nSPS) is 10.5. The highest BCUT2D eigenvalue weighted by Gasteiger charge is 2.10. The zero-order chi connectivity index (χ0) is 10.8. The standard InChI is InChI=1S/C11H11NO2S/c1-3-9(13)11-5-4-10(15-11)8-6-7(2)14-12-8/h4-6H,3H2,1-2H3. The van der Waals surface area contributed by atoms with Crippen LogP contribution < -0.4 is 0 Å². The fourth-order valence-electron chi connectivity index (χ4n) is 1.28. The lowest BCUT2D eigenvalue weighted by atomic mass is 10.2. The molecule has 2 rings (SSSR count). The van der Waals surface area contributed by atoms with Crippen molar-refractivity contribution in [2.45, 2.75) is 20.3 Å². The first-order valence-corrected chi connectivity index (χ1v) is 5.59. The van der Waals surface area contributed by atoms with E-state index in [4.69, 9.17) is 4.52 Å². The number of hydrogen-bond donors (Lipinski definition) is 0. The maximum absolute atomic E-state index is 11.4. The number of Topliss-reactive ketones (excluding diaryl/α,β-unsaturated/α-hetero) is 1. The summed E-state index contributed by atoms with van der Waals surface area (Å²) >= 11 is 1.46. The third-order valence-corrected chi connectivity index (χ3v) is 3.23. The van der Waals surface area contributed by atoms with Gasteiger partial charge in [0.25, 0.3) is 0 Å². The molecule has 0 atom stereocenters. The SMILES string of the molecule is CCC(=O)c1ccc(-c2cc(C)on2)s1. The predicted molar refractivity (Wildman–Crippen MR) is 59.2 cm³/mol. The molecule has 2 aromatic heterocycles. The molecule has 0 saturated carbocycles. The van der Waals surface area contributed by atoms with E-state index in [1.54, 1.807) is 0 Å². The highest BCUT2D eigenvalue weighted by molar-refractivity contribution is 7.17. The monoisotopic (exact) mass is 221 g/mol. The van der Waals surface area contributed by atoms with E-state index in [9.17, 15) is 4.79 Å². The summed E-state index contributed by atoms with van der Waals surface area (Å²) in [6.45, 7) is 3.71. The predicted octanol–water partition coefficient (Wildman–Crippen LogP) is 3.30. The lowest BCUT2D eigenvalue weighted by Gasteiger charge is -1.89. The number of hydrogen-bond acceptors (Lipinski definition) is 4. The molecular weight excluding hydrogens is 210 g/mol. The molecule has 0 aromatic carbocycles. The van der Waals surface area contributed by atoms with Crippen LogP contribution in [0.15, 0.2) is 22.7 Å². The minimum absolute atomic E-state index is 0.173. The molecule has 4 heteroatoms. The molecule has 0 fully saturated rings. The molecule has 0 aliphatic heterocycles. The van der Waals surface area contributed by atoms with E-state index < -0.39 is 0 Å². The molecule has 15 heavy (non-hydrogen) atoms. The van der Waals surface area contributed by atoms with E-state index in [1.165, 1.54) is 11.3 Å². The molecule has 0 spiro atoms. The van der Waals surface area contributed by atoms with Crippen LogP contribution in [0.3, 0.4) is 0 Å². The summed E-state index contributed by atoms with van der Waals surface area (Å²) in [4.78, 5) is 13.2. The molecule has 0 aliphatic carbocycles. The van der Waals surface area contributed by atoms with Gasteiger partial charge in [-0.15, -0.1) is 11.3 Å². The molecule has 0 N–H and O–H groups in total. The van der Waals surface area contributed by atoms with Gasteiger partial charge in [0, 0.05) is 12.5 Å². The van der Waals surface area contributed by atoms with Gasteiger partial charge in [-0.25, -0.2) is 0 Å². The van der Waals surface area contributed by atoms with Crippen molar-refractivity contribution in [1.29, 1.82) is 0 Å². The van der Waals surface area contributed by atoms with Gasteiger partial charge in [0.15, 0.2) is 5.78 Å². The van der Waals surface area contributed by atoms with E-state index in [2.05, 4.69) is 5.16 Å². The van der Waals surface area contributed by atoms with Crippen molar-refractivity contribution in [1.82, 2.24) is 5.16 Å². The van der Waals surface area contributed by atoms with E-state index >= 15 is 0 Å². The smallest absolute Gasteiger partial charge is 0.172 e. The van der Waals surface area contributed by atoms with Gasteiger partial charge in [0.05, 0.1) is 9.75 Å². The number of nitrogens with zero attached hydrogens (tertiary/aromatic N) is 1. The lowest BCUT2D eigenvalue weighted by molar-refractivity contribution is 0.0992. The van der Waals surface area contributed by atoms with Crippen LogP contribution >= 0.6 is 11.3 Å². The average Bonchev–Trinajstić information content (AvgIpc) is 2.84. The van der Waals surface area contributed by atoms with Gasteiger partial charge in [-0.1, -0.05) is 12.1 Å². The first kappa shape index (κ1) is 10.1. The van der Waals surface area contributed by atoms with Crippen molar-refractivity contribution in [3.05, 3.63) is 28.8 Å². The molecule has 0 radical (unpaired) electrons. The lowest BCUT2D eigenvalue weighted by Crippen LogP contribution is -1.90. The van der Waals surface area contributed by atoms with E-state index in [0.29, 0.717) is 6.42 Å². The molecule has 78 valence electrons. The summed E-state index contributed by atoms with van der Waals surface area (Å²) in [7, 11) is 0. The van der Waals surface area contributed by atoms with Crippen molar-refractivity contribution >= 4 is 17.1 Å². The maximum Gasteiger partial charge on any atom is 0.172 e. The zero-order valence-corrected chi connectivity index (χ0v) is 9.43. The summed E-state index contributed by atoms with van der Waals surface area (Å²) in [5, 5.41) is 3.91. The molecule has 2 aromatic rings. The Balaban J connectivity index is 2.31. The molecule has 0 aliphatic rings. The average molecular weight is 221 g/mol. The van der Waals surface area contributed by atoms with E-state index in [0.717, 1.165) is 21.2 Å². The van der Waals surface area contributed by atoms with Crippen LogP contribution in [-0.4, -0.2) is 10.9 Å². The first-order chi connectivity index (χ1) is 7.20. The summed E-state index contributed by atoms with van der Waals surface area (Å²) < 4.78 is 4.99. The molecule has 2 heterocycles. The van der Waals surface area contributed by atoms with Crippen LogP contribution in [0.1, 0.15) is 28.8 Å². The number of carbonyl (C=O) groups is 1. The van der Waals surface area contributed by atoms with Gasteiger partial charge < -0.3 is 4.52 Å². The number of thiophene rings is 1. The Morgan fingerprint density at radius 2 is 2.33 bits per heavy atom. The van der Waals surface area contributed by atoms with Crippen LogP contribution in [0.5, 0.6) is 0 Å². The molecule has 0 bridgehead atoms. The Kier molecular flexibility index (Phi) is 2.68. The second-order valence-electron chi connectivity index (χ2n) is 3.26. The Labute approximate surface area is 91.7 Å². The molecule has 0 amide bonds. The summed E-state index contributed by atoms with van der Waals surface area (Å²) in [5.41, 5.74) is 0.799. The Bertz CT molecular complexity index is 484. The highest BCUT2D eigenvalue weighted by atomic mass is 32.1. The number of aromatic nitrogens is 1. The van der Waals surface area contributed by atoms with Crippen LogP contribution in [0, 0.1) is 6.92 Å². The fourth-order valence-corrected chi connectivity index (χ4v) is 2.25. The zero-order valence-electron chi connectivity index (χ0n) is 8.61. The van der Waals surface area contributed by atoms with Gasteiger partial charge in [-0.2, -0.15) is 0 Å².